The number of carbonyl (C=O) groups is 1. The van der Waals surface area contributed by atoms with E-state index in [1.165, 1.54) is 0 Å². The van der Waals surface area contributed by atoms with E-state index in [1.54, 1.807) is 12.3 Å². The molecule has 1 aromatic carbocycles. The van der Waals surface area contributed by atoms with Crippen molar-refractivity contribution < 1.29 is 4.79 Å². The first-order valence-corrected chi connectivity index (χ1v) is 6.74. The Morgan fingerprint density at radius 1 is 1.14 bits per heavy atom. The highest BCUT2D eigenvalue weighted by Crippen LogP contribution is 2.20. The van der Waals surface area contributed by atoms with E-state index in [2.05, 4.69) is 20.3 Å². The van der Waals surface area contributed by atoms with Gasteiger partial charge in [0.15, 0.2) is 0 Å². The summed E-state index contributed by atoms with van der Waals surface area (Å²) in [6, 6.07) is 7.52. The number of amides is 1. The summed E-state index contributed by atoms with van der Waals surface area (Å²) in [7, 11) is 0. The molecule has 3 rings (SSSR count). The molecule has 0 saturated carbocycles. The van der Waals surface area contributed by atoms with Gasteiger partial charge in [-0.2, -0.15) is 0 Å². The quantitative estimate of drug-likeness (QED) is 0.757. The lowest BCUT2D eigenvalue weighted by molar-refractivity contribution is 0.102. The van der Waals surface area contributed by atoms with Crippen molar-refractivity contribution in [3.05, 3.63) is 53.0 Å². The predicted molar refractivity (Wildman–Crippen MR) is 82.5 cm³/mol. The van der Waals surface area contributed by atoms with Crippen LogP contribution in [-0.2, 0) is 0 Å². The molecule has 0 spiro atoms. The van der Waals surface area contributed by atoms with Gasteiger partial charge < -0.3 is 10.3 Å². The van der Waals surface area contributed by atoms with E-state index in [1.807, 2.05) is 39.0 Å². The molecule has 1 amide bonds. The number of aromatic amines is 1. The lowest BCUT2D eigenvalue weighted by Gasteiger charge is -2.06. The Kier molecular flexibility index (Phi) is 3.17. The van der Waals surface area contributed by atoms with Crippen LogP contribution in [0.1, 0.15) is 27.3 Å². The predicted octanol–water partition coefficient (Wildman–Crippen LogP) is 3.14. The first-order chi connectivity index (χ1) is 10.0. The number of benzene rings is 1. The summed E-state index contributed by atoms with van der Waals surface area (Å²) >= 11 is 0. The monoisotopic (exact) mass is 280 g/mol. The van der Waals surface area contributed by atoms with E-state index < -0.39 is 0 Å². The maximum atomic E-state index is 12.5. The second-order valence-electron chi connectivity index (χ2n) is 5.21. The molecule has 0 fully saturated rings. The lowest BCUT2D eigenvalue weighted by atomic mass is 10.1. The van der Waals surface area contributed by atoms with Gasteiger partial charge in [-0.1, -0.05) is 6.07 Å². The average molecular weight is 280 g/mol. The fraction of sp³-hybridized carbons (Fsp3) is 0.188. The molecular formula is C16H16N4O. The van der Waals surface area contributed by atoms with Crippen molar-refractivity contribution >= 4 is 22.8 Å². The summed E-state index contributed by atoms with van der Waals surface area (Å²) in [5.41, 5.74) is 4.16. The molecule has 3 aromatic rings. The molecule has 2 aromatic heterocycles. The fourth-order valence-electron chi connectivity index (χ4n) is 2.28. The number of aromatic nitrogens is 3. The van der Waals surface area contributed by atoms with E-state index >= 15 is 0 Å². The number of H-pyrrole nitrogens is 1. The molecule has 0 radical (unpaired) electrons. The SMILES string of the molecule is Cc1ccc(NC(=O)c2cc(C)cc3[nH]c(C)nc23)nc1. The van der Waals surface area contributed by atoms with E-state index in [-0.39, 0.29) is 5.91 Å². The number of nitrogens with one attached hydrogen (secondary N) is 2. The summed E-state index contributed by atoms with van der Waals surface area (Å²) in [4.78, 5) is 24.2. The molecule has 2 N–H and O–H groups in total. The van der Waals surface area contributed by atoms with Crippen LogP contribution in [0.2, 0.25) is 0 Å². The maximum Gasteiger partial charge on any atom is 0.259 e. The van der Waals surface area contributed by atoms with Crippen LogP contribution in [-0.4, -0.2) is 20.9 Å². The third kappa shape index (κ3) is 2.63. The Labute approximate surface area is 122 Å². The Hall–Kier alpha value is -2.69. The largest absolute Gasteiger partial charge is 0.342 e. The minimum atomic E-state index is -0.202. The molecule has 0 bridgehead atoms. The van der Waals surface area contributed by atoms with E-state index in [9.17, 15) is 4.79 Å². The van der Waals surface area contributed by atoms with Crippen LogP contribution >= 0.6 is 0 Å². The highest BCUT2D eigenvalue weighted by Gasteiger charge is 2.14. The minimum absolute atomic E-state index is 0.202. The first kappa shape index (κ1) is 13.3. The van der Waals surface area contributed by atoms with Crippen LogP contribution in [0.25, 0.3) is 11.0 Å². The van der Waals surface area contributed by atoms with E-state index in [0.29, 0.717) is 16.9 Å². The van der Waals surface area contributed by atoms with Crippen molar-refractivity contribution in [2.45, 2.75) is 20.8 Å². The van der Waals surface area contributed by atoms with Crippen LogP contribution in [0.4, 0.5) is 5.82 Å². The van der Waals surface area contributed by atoms with Crippen LogP contribution < -0.4 is 5.32 Å². The number of hydrogen-bond donors (Lipinski definition) is 2. The number of carbonyl (C=O) groups excluding carboxylic acids is 1. The fourth-order valence-corrected chi connectivity index (χ4v) is 2.28. The smallest absolute Gasteiger partial charge is 0.259 e. The number of hydrogen-bond acceptors (Lipinski definition) is 3. The summed E-state index contributed by atoms with van der Waals surface area (Å²) in [6.45, 7) is 5.78. The summed E-state index contributed by atoms with van der Waals surface area (Å²) in [6.07, 6.45) is 1.72. The molecule has 0 aliphatic heterocycles. The van der Waals surface area contributed by atoms with Gasteiger partial charge in [-0.25, -0.2) is 9.97 Å². The number of anilines is 1. The number of aryl methyl sites for hydroxylation is 3. The highest BCUT2D eigenvalue weighted by atomic mass is 16.1. The third-order valence-electron chi connectivity index (χ3n) is 3.25. The number of imidazole rings is 1. The average Bonchev–Trinajstić information content (AvgIpc) is 2.80. The standard InChI is InChI=1S/C16H16N4O/c1-9-4-5-14(17-8-9)20-16(21)12-6-10(2)7-13-15(12)19-11(3)18-13/h4-8H,1-3H3,(H,18,19)(H,17,20,21). The zero-order valence-electron chi connectivity index (χ0n) is 12.2. The van der Waals surface area contributed by atoms with Crippen molar-refractivity contribution in [1.29, 1.82) is 0 Å². The molecule has 2 heterocycles. The zero-order valence-corrected chi connectivity index (χ0v) is 12.2. The van der Waals surface area contributed by atoms with Crippen molar-refractivity contribution in [3.8, 4) is 0 Å². The molecule has 0 aliphatic rings. The van der Waals surface area contributed by atoms with Crippen LogP contribution in [0.15, 0.2) is 30.5 Å². The summed E-state index contributed by atoms with van der Waals surface area (Å²) in [5, 5.41) is 2.81. The topological polar surface area (TPSA) is 70.7 Å². The van der Waals surface area contributed by atoms with Gasteiger partial charge in [0.2, 0.25) is 0 Å². The van der Waals surface area contributed by atoms with Gasteiger partial charge >= 0.3 is 0 Å². The number of nitrogens with zero attached hydrogens (tertiary/aromatic N) is 2. The Balaban J connectivity index is 1.99. The molecule has 0 aliphatic carbocycles. The van der Waals surface area contributed by atoms with Gasteiger partial charge in [0.05, 0.1) is 11.1 Å². The lowest BCUT2D eigenvalue weighted by Crippen LogP contribution is -2.13. The number of pyridine rings is 1. The summed E-state index contributed by atoms with van der Waals surface area (Å²) < 4.78 is 0. The number of rotatable bonds is 2. The Bertz CT molecular complexity index is 818. The van der Waals surface area contributed by atoms with Crippen molar-refractivity contribution in [2.24, 2.45) is 0 Å². The van der Waals surface area contributed by atoms with Gasteiger partial charge in [0.25, 0.3) is 5.91 Å². The molecule has 5 nitrogen and oxygen atoms in total. The Morgan fingerprint density at radius 3 is 2.67 bits per heavy atom. The second kappa shape index (κ2) is 5.01. The van der Waals surface area contributed by atoms with Crippen molar-refractivity contribution in [1.82, 2.24) is 15.0 Å². The molecule has 106 valence electrons. The van der Waals surface area contributed by atoms with Gasteiger partial charge in [-0.3, -0.25) is 4.79 Å². The minimum Gasteiger partial charge on any atom is -0.342 e. The van der Waals surface area contributed by atoms with Crippen molar-refractivity contribution in [3.63, 3.8) is 0 Å². The molecular weight excluding hydrogens is 264 g/mol. The van der Waals surface area contributed by atoms with E-state index in [4.69, 9.17) is 0 Å². The van der Waals surface area contributed by atoms with Gasteiger partial charge in [-0.05, 0) is 50.1 Å². The second-order valence-corrected chi connectivity index (χ2v) is 5.21. The van der Waals surface area contributed by atoms with Crippen LogP contribution in [0.5, 0.6) is 0 Å². The zero-order chi connectivity index (χ0) is 15.0. The molecule has 5 heteroatoms. The molecule has 0 unspecified atom stereocenters. The van der Waals surface area contributed by atoms with Gasteiger partial charge in [-0.15, -0.1) is 0 Å². The molecule has 0 atom stereocenters. The van der Waals surface area contributed by atoms with Gasteiger partial charge in [0.1, 0.15) is 17.2 Å². The highest BCUT2D eigenvalue weighted by molar-refractivity contribution is 6.11. The maximum absolute atomic E-state index is 12.5. The van der Waals surface area contributed by atoms with Crippen molar-refractivity contribution in [2.75, 3.05) is 5.32 Å². The van der Waals surface area contributed by atoms with E-state index in [0.717, 1.165) is 22.5 Å². The van der Waals surface area contributed by atoms with Gasteiger partial charge in [0, 0.05) is 6.20 Å². The molecule has 0 saturated heterocycles. The molecule has 21 heavy (non-hydrogen) atoms. The Morgan fingerprint density at radius 2 is 1.95 bits per heavy atom. The first-order valence-electron chi connectivity index (χ1n) is 6.74. The normalized spacial score (nSPS) is 10.8. The van der Waals surface area contributed by atoms with Crippen LogP contribution in [0, 0.1) is 20.8 Å². The third-order valence-corrected chi connectivity index (χ3v) is 3.25. The number of fused-ring (bicyclic) bond motifs is 1. The van der Waals surface area contributed by atoms with Crippen LogP contribution in [0.3, 0.4) is 0 Å². The summed E-state index contributed by atoms with van der Waals surface area (Å²) in [5.74, 6) is 1.12.